The van der Waals surface area contributed by atoms with Crippen LogP contribution >= 0.6 is 0 Å². The molecular weight excluding hydrogens is 400 g/mol. The molecule has 0 amide bonds. The highest BCUT2D eigenvalue weighted by Gasteiger charge is 2.63. The Labute approximate surface area is 180 Å². The summed E-state index contributed by atoms with van der Waals surface area (Å²) in [5.41, 5.74) is 5.19. The number of para-hydroxylation sites is 1. The molecule has 0 radical (unpaired) electrons. The predicted molar refractivity (Wildman–Crippen MR) is 114 cm³/mol. The van der Waals surface area contributed by atoms with Crippen molar-refractivity contribution >= 4 is 23.6 Å². The Hall–Kier alpha value is -3.55. The molecule has 0 saturated heterocycles. The van der Waals surface area contributed by atoms with Gasteiger partial charge in [-0.2, -0.15) is 0 Å². The zero-order chi connectivity index (χ0) is 22.8. The van der Waals surface area contributed by atoms with Crippen molar-refractivity contribution in [2.75, 3.05) is 25.2 Å². The van der Waals surface area contributed by atoms with E-state index in [1.807, 2.05) is 6.92 Å². The summed E-state index contributed by atoms with van der Waals surface area (Å²) in [5.74, 6) is -2.34. The molecule has 0 aromatic heterocycles. The maximum absolute atomic E-state index is 13.4. The van der Waals surface area contributed by atoms with E-state index in [2.05, 4.69) is 6.58 Å². The van der Waals surface area contributed by atoms with Gasteiger partial charge >= 0.3 is 17.9 Å². The van der Waals surface area contributed by atoms with E-state index in [1.54, 1.807) is 36.2 Å². The van der Waals surface area contributed by atoms with Gasteiger partial charge in [0, 0.05) is 18.3 Å². The number of hydrogen-bond donors (Lipinski definition) is 1. The average molecular weight is 426 g/mol. The van der Waals surface area contributed by atoms with Gasteiger partial charge in [-0.05, 0) is 19.4 Å². The van der Waals surface area contributed by atoms with Crippen LogP contribution in [0.15, 0.2) is 59.6 Å². The molecule has 0 saturated carbocycles. The fourth-order valence-corrected chi connectivity index (χ4v) is 3.95. The topological polar surface area (TPSA) is 108 Å². The number of nitrogens with zero attached hydrogens (tertiary/aromatic N) is 1. The zero-order valence-electron chi connectivity index (χ0n) is 17.9. The minimum Gasteiger partial charge on any atom is -0.462 e. The zero-order valence-corrected chi connectivity index (χ0v) is 17.9. The Kier molecular flexibility index (Phi) is 6.19. The molecule has 0 aliphatic carbocycles. The molecule has 2 aliphatic heterocycles. The molecule has 2 heterocycles. The molecule has 1 aromatic carbocycles. The standard InChI is InChI=1S/C23H26N2O6/c1-5-7-13-30-21(27)18-19(24)25(4)16-11-9-8-10-15(16)23(18)17(14(3)31-22(23)28)20(26)29-12-6-2/h6,8-11H,2,5,7,12-13,24H2,1,3-4H3. The van der Waals surface area contributed by atoms with Gasteiger partial charge in [0.15, 0.2) is 5.41 Å². The molecule has 164 valence electrons. The van der Waals surface area contributed by atoms with E-state index in [4.69, 9.17) is 19.9 Å². The minimum absolute atomic E-state index is 0.000805. The van der Waals surface area contributed by atoms with E-state index in [-0.39, 0.29) is 35.9 Å². The summed E-state index contributed by atoms with van der Waals surface area (Å²) in [7, 11) is 1.67. The third-order valence-corrected chi connectivity index (χ3v) is 5.41. The molecule has 0 fully saturated rings. The summed E-state index contributed by atoms with van der Waals surface area (Å²) in [6, 6.07) is 6.89. The van der Waals surface area contributed by atoms with Crippen LogP contribution in [0.3, 0.4) is 0 Å². The molecule has 1 atom stereocenters. The van der Waals surface area contributed by atoms with Crippen molar-refractivity contribution in [1.29, 1.82) is 0 Å². The molecule has 2 N–H and O–H groups in total. The number of benzene rings is 1. The lowest BCUT2D eigenvalue weighted by molar-refractivity contribution is -0.147. The monoisotopic (exact) mass is 426 g/mol. The van der Waals surface area contributed by atoms with Gasteiger partial charge in [-0.15, -0.1) is 0 Å². The lowest BCUT2D eigenvalue weighted by Gasteiger charge is -2.39. The first-order valence-electron chi connectivity index (χ1n) is 10.0. The lowest BCUT2D eigenvalue weighted by atomic mass is 9.66. The molecule has 0 bridgehead atoms. The summed E-state index contributed by atoms with van der Waals surface area (Å²) in [5, 5.41) is 0. The van der Waals surface area contributed by atoms with Gasteiger partial charge in [-0.25, -0.2) is 14.4 Å². The van der Waals surface area contributed by atoms with Crippen molar-refractivity contribution in [1.82, 2.24) is 0 Å². The summed E-state index contributed by atoms with van der Waals surface area (Å²) in [4.78, 5) is 41.3. The van der Waals surface area contributed by atoms with E-state index in [1.165, 1.54) is 13.0 Å². The van der Waals surface area contributed by atoms with Crippen LogP contribution in [0, 0.1) is 0 Å². The average Bonchev–Trinajstić information content (AvgIpc) is 3.01. The van der Waals surface area contributed by atoms with Crippen LogP contribution in [0.25, 0.3) is 0 Å². The van der Waals surface area contributed by atoms with Crippen LogP contribution in [0.2, 0.25) is 0 Å². The number of ether oxygens (including phenoxy) is 3. The Morgan fingerprint density at radius 3 is 2.58 bits per heavy atom. The third kappa shape index (κ3) is 3.37. The highest BCUT2D eigenvalue weighted by molar-refractivity contribution is 6.16. The number of esters is 3. The van der Waals surface area contributed by atoms with Crippen molar-refractivity contribution in [2.24, 2.45) is 5.73 Å². The smallest absolute Gasteiger partial charge is 0.339 e. The quantitative estimate of drug-likeness (QED) is 0.307. The third-order valence-electron chi connectivity index (χ3n) is 5.41. The molecule has 1 spiro atoms. The fourth-order valence-electron chi connectivity index (χ4n) is 3.95. The van der Waals surface area contributed by atoms with Gasteiger partial charge in [0.25, 0.3) is 0 Å². The molecule has 3 rings (SSSR count). The normalized spacial score (nSPS) is 20.0. The highest BCUT2D eigenvalue weighted by atomic mass is 16.6. The molecule has 31 heavy (non-hydrogen) atoms. The predicted octanol–water partition coefficient (Wildman–Crippen LogP) is 2.45. The van der Waals surface area contributed by atoms with Crippen molar-refractivity contribution < 1.29 is 28.6 Å². The molecular formula is C23H26N2O6. The number of rotatable bonds is 7. The summed E-state index contributed by atoms with van der Waals surface area (Å²) >= 11 is 0. The van der Waals surface area contributed by atoms with Crippen LogP contribution in [-0.2, 0) is 34.0 Å². The van der Waals surface area contributed by atoms with Crippen LogP contribution in [0.4, 0.5) is 5.69 Å². The van der Waals surface area contributed by atoms with Gasteiger partial charge in [-0.1, -0.05) is 44.2 Å². The van der Waals surface area contributed by atoms with Crippen LogP contribution in [0.1, 0.15) is 32.3 Å². The number of allylic oxidation sites excluding steroid dienone is 1. The Bertz CT molecular complexity index is 1010. The van der Waals surface area contributed by atoms with Crippen molar-refractivity contribution in [3.63, 3.8) is 0 Å². The van der Waals surface area contributed by atoms with Crippen molar-refractivity contribution in [3.05, 3.63) is 65.2 Å². The number of anilines is 1. The SMILES string of the molecule is C=CCOC(=O)C1=C(C)OC(=O)C12C(C(=O)OCCCC)=C(N)N(C)c1ccccc12. The van der Waals surface area contributed by atoms with Gasteiger partial charge < -0.3 is 24.8 Å². The fraction of sp³-hybridized carbons (Fsp3) is 0.348. The molecule has 1 unspecified atom stereocenters. The Morgan fingerprint density at radius 2 is 1.90 bits per heavy atom. The number of nitrogens with two attached hydrogens (primary N) is 1. The second-order valence-corrected chi connectivity index (χ2v) is 7.28. The van der Waals surface area contributed by atoms with Crippen LogP contribution < -0.4 is 10.6 Å². The highest BCUT2D eigenvalue weighted by Crippen LogP contribution is 2.53. The van der Waals surface area contributed by atoms with Crippen LogP contribution in [-0.4, -0.2) is 38.2 Å². The number of cyclic esters (lactones) is 1. The second kappa shape index (κ2) is 8.67. The van der Waals surface area contributed by atoms with Crippen LogP contribution in [0.5, 0.6) is 0 Å². The van der Waals surface area contributed by atoms with Crippen molar-refractivity contribution in [2.45, 2.75) is 32.1 Å². The first-order valence-corrected chi connectivity index (χ1v) is 10.0. The Morgan fingerprint density at radius 1 is 1.23 bits per heavy atom. The van der Waals surface area contributed by atoms with Gasteiger partial charge in [0.05, 0.1) is 6.61 Å². The largest absolute Gasteiger partial charge is 0.462 e. The van der Waals surface area contributed by atoms with Crippen molar-refractivity contribution in [3.8, 4) is 0 Å². The number of carbonyl (C=O) groups excluding carboxylic acids is 3. The molecule has 2 aliphatic rings. The van der Waals surface area contributed by atoms with E-state index >= 15 is 0 Å². The van der Waals surface area contributed by atoms with E-state index in [0.29, 0.717) is 17.7 Å². The molecule has 8 nitrogen and oxygen atoms in total. The number of fused-ring (bicyclic) bond motifs is 2. The van der Waals surface area contributed by atoms with E-state index in [0.717, 1.165) is 6.42 Å². The number of hydrogen-bond acceptors (Lipinski definition) is 8. The maximum atomic E-state index is 13.4. The number of unbranched alkanes of at least 4 members (excludes halogenated alkanes) is 1. The Balaban J connectivity index is 2.29. The number of carbonyl (C=O) groups is 3. The first-order chi connectivity index (χ1) is 14.8. The molecule has 8 heteroatoms. The summed E-state index contributed by atoms with van der Waals surface area (Å²) in [6.45, 7) is 7.06. The second-order valence-electron chi connectivity index (χ2n) is 7.28. The van der Waals surface area contributed by atoms with Gasteiger partial charge in [0.1, 0.15) is 29.3 Å². The first kappa shape index (κ1) is 22.1. The van der Waals surface area contributed by atoms with E-state index in [9.17, 15) is 14.4 Å². The van der Waals surface area contributed by atoms with Gasteiger partial charge in [-0.3, -0.25) is 0 Å². The van der Waals surface area contributed by atoms with E-state index < -0.39 is 23.3 Å². The maximum Gasteiger partial charge on any atom is 0.339 e. The lowest BCUT2D eigenvalue weighted by Crippen LogP contribution is -2.50. The van der Waals surface area contributed by atoms with Gasteiger partial charge in [0.2, 0.25) is 0 Å². The molecule has 1 aromatic rings. The summed E-state index contributed by atoms with van der Waals surface area (Å²) < 4.78 is 16.1. The minimum atomic E-state index is -1.89. The summed E-state index contributed by atoms with van der Waals surface area (Å²) in [6.07, 6.45) is 2.87.